The van der Waals surface area contributed by atoms with Crippen molar-refractivity contribution in [3.8, 4) is 5.75 Å². The van der Waals surface area contributed by atoms with Gasteiger partial charge in [0.25, 0.3) is 0 Å². The summed E-state index contributed by atoms with van der Waals surface area (Å²) < 4.78 is 36.7. The minimum atomic E-state index is -3.54. The lowest BCUT2D eigenvalue weighted by molar-refractivity contribution is 0.261. The molecule has 1 unspecified atom stereocenters. The molecule has 0 bridgehead atoms. The van der Waals surface area contributed by atoms with E-state index in [1.165, 1.54) is 0 Å². The zero-order chi connectivity index (χ0) is 15.7. The van der Waals surface area contributed by atoms with Crippen LogP contribution in [0.25, 0.3) is 0 Å². The maximum absolute atomic E-state index is 12.7. The lowest BCUT2D eigenvalue weighted by atomic mass is 10.2. The Morgan fingerprint density at radius 2 is 2.00 bits per heavy atom. The summed E-state index contributed by atoms with van der Waals surface area (Å²) in [4.78, 5) is 0.561. The normalized spacial score (nSPS) is 17.3. The third kappa shape index (κ3) is 3.19. The van der Waals surface area contributed by atoms with Crippen LogP contribution in [0, 0.1) is 6.92 Å². The fourth-order valence-electron chi connectivity index (χ4n) is 2.10. The Morgan fingerprint density at radius 1 is 1.27 bits per heavy atom. The van der Waals surface area contributed by atoms with E-state index in [-0.39, 0.29) is 11.0 Å². The van der Waals surface area contributed by atoms with Crippen LogP contribution in [0.1, 0.15) is 5.56 Å². The first kappa shape index (κ1) is 15.5. The van der Waals surface area contributed by atoms with E-state index in [2.05, 4.69) is 15.9 Å². The third-order valence-corrected chi connectivity index (χ3v) is 5.96. The Labute approximate surface area is 138 Å². The van der Waals surface area contributed by atoms with Gasteiger partial charge in [0.05, 0.1) is 20.9 Å². The molecule has 4 nitrogen and oxygen atoms in total. The summed E-state index contributed by atoms with van der Waals surface area (Å²) in [5, 5.41) is 0. The Kier molecular flexibility index (Phi) is 4.25. The highest BCUT2D eigenvalue weighted by atomic mass is 79.9. The number of halogens is 1. The van der Waals surface area contributed by atoms with Crippen molar-refractivity contribution in [2.75, 3.05) is 13.2 Å². The van der Waals surface area contributed by atoms with Crippen LogP contribution in [-0.2, 0) is 14.6 Å². The first-order valence-corrected chi connectivity index (χ1v) is 9.11. The fourth-order valence-corrected chi connectivity index (χ4v) is 4.27. The van der Waals surface area contributed by atoms with Crippen LogP contribution >= 0.6 is 15.9 Å². The van der Waals surface area contributed by atoms with Crippen LogP contribution in [0.4, 0.5) is 0 Å². The minimum absolute atomic E-state index is 0.155. The molecule has 6 heteroatoms. The van der Waals surface area contributed by atoms with Gasteiger partial charge in [-0.05, 0) is 52.7 Å². The number of rotatable bonds is 5. The molecule has 3 rings (SSSR count). The molecule has 0 aromatic heterocycles. The second kappa shape index (κ2) is 6.02. The van der Waals surface area contributed by atoms with Gasteiger partial charge in [0.15, 0.2) is 0 Å². The Hall–Kier alpha value is -1.37. The Bertz CT molecular complexity index is 798. The number of epoxide rings is 1. The molecule has 1 aliphatic rings. The largest absolute Gasteiger partial charge is 0.490 e. The molecule has 1 heterocycles. The summed E-state index contributed by atoms with van der Waals surface area (Å²) in [5.41, 5.74) is 0.727. The van der Waals surface area contributed by atoms with Gasteiger partial charge in [-0.2, -0.15) is 0 Å². The zero-order valence-electron chi connectivity index (χ0n) is 12.0. The Balaban J connectivity index is 1.90. The van der Waals surface area contributed by atoms with E-state index < -0.39 is 9.84 Å². The van der Waals surface area contributed by atoms with Gasteiger partial charge in [0, 0.05) is 0 Å². The highest BCUT2D eigenvalue weighted by Crippen LogP contribution is 2.31. The van der Waals surface area contributed by atoms with Crippen molar-refractivity contribution in [1.29, 1.82) is 0 Å². The van der Waals surface area contributed by atoms with Gasteiger partial charge >= 0.3 is 0 Å². The van der Waals surface area contributed by atoms with E-state index in [0.29, 0.717) is 21.7 Å². The molecule has 0 aliphatic carbocycles. The van der Waals surface area contributed by atoms with Crippen molar-refractivity contribution in [2.24, 2.45) is 0 Å². The van der Waals surface area contributed by atoms with E-state index in [0.717, 1.165) is 12.2 Å². The summed E-state index contributed by atoms with van der Waals surface area (Å²) in [7, 11) is -3.54. The fraction of sp³-hybridized carbons (Fsp3) is 0.250. The summed E-state index contributed by atoms with van der Waals surface area (Å²) >= 11 is 3.37. The van der Waals surface area contributed by atoms with Crippen LogP contribution in [0.5, 0.6) is 5.75 Å². The molecule has 1 fully saturated rings. The Morgan fingerprint density at radius 3 is 2.64 bits per heavy atom. The van der Waals surface area contributed by atoms with Gasteiger partial charge in [-0.15, -0.1) is 0 Å². The van der Waals surface area contributed by atoms with E-state index in [1.807, 2.05) is 6.07 Å². The second-order valence-electron chi connectivity index (χ2n) is 5.13. The molecule has 0 N–H and O–H groups in total. The number of benzene rings is 2. The average molecular weight is 383 g/mol. The van der Waals surface area contributed by atoms with Gasteiger partial charge < -0.3 is 9.47 Å². The molecule has 1 atom stereocenters. The third-order valence-electron chi connectivity index (χ3n) is 3.42. The monoisotopic (exact) mass is 382 g/mol. The smallest absolute Gasteiger partial charge is 0.206 e. The van der Waals surface area contributed by atoms with Crippen LogP contribution in [-0.4, -0.2) is 27.7 Å². The predicted octanol–water partition coefficient (Wildman–Crippen LogP) is 3.37. The molecule has 2 aromatic carbocycles. The molecule has 116 valence electrons. The van der Waals surface area contributed by atoms with Crippen molar-refractivity contribution in [1.82, 2.24) is 0 Å². The zero-order valence-corrected chi connectivity index (χ0v) is 14.4. The van der Waals surface area contributed by atoms with E-state index in [4.69, 9.17) is 9.47 Å². The second-order valence-corrected chi connectivity index (χ2v) is 7.90. The summed E-state index contributed by atoms with van der Waals surface area (Å²) in [6.45, 7) is 2.98. The summed E-state index contributed by atoms with van der Waals surface area (Å²) in [5.74, 6) is 0.610. The average Bonchev–Trinajstić information content (AvgIpc) is 3.30. The SMILES string of the molecule is Cc1ccccc1S(=O)(=O)c1ccc(OCC2CO2)c(Br)c1. The first-order valence-electron chi connectivity index (χ1n) is 6.83. The van der Waals surface area contributed by atoms with Crippen molar-refractivity contribution >= 4 is 25.8 Å². The number of ether oxygens (including phenoxy) is 2. The highest BCUT2D eigenvalue weighted by molar-refractivity contribution is 9.10. The van der Waals surface area contributed by atoms with Crippen LogP contribution < -0.4 is 4.74 Å². The highest BCUT2D eigenvalue weighted by Gasteiger charge is 2.24. The topological polar surface area (TPSA) is 55.9 Å². The number of hydrogen-bond acceptors (Lipinski definition) is 4. The van der Waals surface area contributed by atoms with E-state index >= 15 is 0 Å². The van der Waals surface area contributed by atoms with Gasteiger partial charge in [-0.1, -0.05) is 18.2 Å². The van der Waals surface area contributed by atoms with Crippen LogP contribution in [0.2, 0.25) is 0 Å². The summed E-state index contributed by atoms with van der Waals surface area (Å²) in [6, 6.07) is 11.8. The molecule has 22 heavy (non-hydrogen) atoms. The molecule has 0 saturated carbocycles. The standard InChI is InChI=1S/C16H15BrO4S/c1-11-4-2-3-5-16(11)22(18,19)13-6-7-15(14(17)8-13)21-10-12-9-20-12/h2-8,12H,9-10H2,1H3. The van der Waals surface area contributed by atoms with Crippen LogP contribution in [0.3, 0.4) is 0 Å². The molecular weight excluding hydrogens is 368 g/mol. The first-order chi connectivity index (χ1) is 10.5. The van der Waals surface area contributed by atoms with Gasteiger partial charge in [-0.3, -0.25) is 0 Å². The summed E-state index contributed by atoms with van der Waals surface area (Å²) in [6.07, 6.45) is 0.155. The molecular formula is C16H15BrO4S. The maximum Gasteiger partial charge on any atom is 0.206 e. The predicted molar refractivity (Wildman–Crippen MR) is 86.0 cm³/mol. The molecule has 0 radical (unpaired) electrons. The molecule has 1 saturated heterocycles. The molecule has 0 amide bonds. The minimum Gasteiger partial charge on any atom is -0.490 e. The van der Waals surface area contributed by atoms with Gasteiger partial charge in [0.2, 0.25) is 9.84 Å². The van der Waals surface area contributed by atoms with Crippen molar-refractivity contribution in [3.63, 3.8) is 0 Å². The van der Waals surface area contributed by atoms with E-state index in [1.54, 1.807) is 43.3 Å². The lowest BCUT2D eigenvalue weighted by Crippen LogP contribution is -2.06. The molecule has 0 spiro atoms. The van der Waals surface area contributed by atoms with Crippen molar-refractivity contribution in [2.45, 2.75) is 22.8 Å². The van der Waals surface area contributed by atoms with Crippen molar-refractivity contribution < 1.29 is 17.9 Å². The molecule has 1 aliphatic heterocycles. The van der Waals surface area contributed by atoms with Crippen LogP contribution in [0.15, 0.2) is 56.7 Å². The number of hydrogen-bond donors (Lipinski definition) is 0. The van der Waals surface area contributed by atoms with Gasteiger partial charge in [0.1, 0.15) is 18.5 Å². The lowest BCUT2D eigenvalue weighted by Gasteiger charge is -2.11. The maximum atomic E-state index is 12.7. The van der Waals surface area contributed by atoms with E-state index in [9.17, 15) is 8.42 Å². The van der Waals surface area contributed by atoms with Gasteiger partial charge in [-0.25, -0.2) is 8.42 Å². The number of aryl methyl sites for hydroxylation is 1. The quantitative estimate of drug-likeness (QED) is 0.743. The number of sulfone groups is 1. The van der Waals surface area contributed by atoms with Crippen molar-refractivity contribution in [3.05, 3.63) is 52.5 Å². The molecule has 2 aromatic rings.